The Labute approximate surface area is 180 Å². The second kappa shape index (κ2) is 10.5. The smallest absolute Gasteiger partial charge is 0.211 e. The van der Waals surface area contributed by atoms with Crippen molar-refractivity contribution in [2.75, 3.05) is 6.61 Å². The third kappa shape index (κ3) is 6.15. The molecule has 4 N–H and O–H groups in total. The molecule has 9 heteroatoms. The summed E-state index contributed by atoms with van der Waals surface area (Å²) in [6, 6.07) is 8.02. The van der Waals surface area contributed by atoms with Crippen LogP contribution in [0, 0.1) is 6.92 Å². The summed E-state index contributed by atoms with van der Waals surface area (Å²) in [5.74, 6) is 0.804. The molecule has 3 rings (SSSR count). The zero-order valence-electron chi connectivity index (χ0n) is 17.3. The van der Waals surface area contributed by atoms with Crippen LogP contribution in [0.2, 0.25) is 0 Å². The van der Waals surface area contributed by atoms with Crippen molar-refractivity contribution in [2.45, 2.75) is 39.7 Å². The first kappa shape index (κ1) is 21.5. The van der Waals surface area contributed by atoms with Gasteiger partial charge in [-0.15, -0.1) is 16.4 Å². The number of benzene rings is 1. The first-order valence-corrected chi connectivity index (χ1v) is 10.6. The predicted octanol–water partition coefficient (Wildman–Crippen LogP) is 3.56. The van der Waals surface area contributed by atoms with E-state index in [2.05, 4.69) is 24.7 Å². The minimum Gasteiger partial charge on any atom is -0.494 e. The number of unbranched alkanes of at least 4 members (excludes halogenated alkanes) is 2. The number of ether oxygens (including phenoxy) is 1. The molecule has 3 aromatic rings. The highest BCUT2D eigenvalue weighted by atomic mass is 32.1. The molecule has 8 nitrogen and oxygen atoms in total. The number of nitrogens with two attached hydrogens (primary N) is 2. The van der Waals surface area contributed by atoms with Crippen molar-refractivity contribution in [2.24, 2.45) is 21.7 Å². The molecule has 2 heterocycles. The van der Waals surface area contributed by atoms with Gasteiger partial charge in [-0.1, -0.05) is 0 Å². The van der Waals surface area contributed by atoms with Gasteiger partial charge in [0.1, 0.15) is 10.8 Å². The number of hydrogen-bond donors (Lipinski definition) is 2. The molecule has 0 aliphatic heterocycles. The summed E-state index contributed by atoms with van der Waals surface area (Å²) in [4.78, 5) is 9.67. The Hall–Kier alpha value is -3.20. The quantitative estimate of drug-likeness (QED) is 0.223. The molecule has 2 aromatic heterocycles. The molecule has 0 saturated carbocycles. The molecule has 0 atom stereocenters. The number of aromatic nitrogens is 3. The number of hydrogen-bond acceptors (Lipinski definition) is 6. The van der Waals surface area contributed by atoms with Gasteiger partial charge in [0, 0.05) is 24.5 Å². The van der Waals surface area contributed by atoms with Crippen molar-refractivity contribution in [1.29, 1.82) is 0 Å². The Morgan fingerprint density at radius 2 is 1.93 bits per heavy atom. The maximum absolute atomic E-state index is 5.86. The van der Waals surface area contributed by atoms with E-state index in [0.29, 0.717) is 6.61 Å². The summed E-state index contributed by atoms with van der Waals surface area (Å²) in [5, 5.41) is 8.68. The topological polar surface area (TPSA) is 117 Å². The maximum atomic E-state index is 5.86. The van der Waals surface area contributed by atoms with Gasteiger partial charge in [0.15, 0.2) is 0 Å². The standard InChI is InChI=1S/C21H27N7OS/c1-15-19(16(2)26-27-21(22)23)30-20(25-15)17-6-8-18(9-7-17)29-13-5-3-4-11-28-12-10-24-14-28/h6-10,12,14H,3-5,11,13H2,1-2H3,(H4,22,23,27)/b26-16+. The number of imidazole rings is 1. The van der Waals surface area contributed by atoms with Crippen molar-refractivity contribution < 1.29 is 4.74 Å². The van der Waals surface area contributed by atoms with E-state index in [9.17, 15) is 0 Å². The fraction of sp³-hybridized carbons (Fsp3) is 0.333. The Kier molecular flexibility index (Phi) is 7.56. The molecule has 1 aromatic carbocycles. The van der Waals surface area contributed by atoms with Gasteiger partial charge >= 0.3 is 0 Å². The van der Waals surface area contributed by atoms with E-state index in [-0.39, 0.29) is 5.96 Å². The highest BCUT2D eigenvalue weighted by molar-refractivity contribution is 7.17. The molecule has 0 radical (unpaired) electrons. The molecule has 0 fully saturated rings. The average molecular weight is 426 g/mol. The van der Waals surface area contributed by atoms with Crippen LogP contribution in [0.25, 0.3) is 10.6 Å². The van der Waals surface area contributed by atoms with Crippen molar-refractivity contribution in [3.63, 3.8) is 0 Å². The second-order valence-electron chi connectivity index (χ2n) is 6.88. The van der Waals surface area contributed by atoms with Crippen LogP contribution in [0.15, 0.2) is 53.2 Å². The Bertz CT molecular complexity index is 987. The zero-order valence-corrected chi connectivity index (χ0v) is 18.1. The normalized spacial score (nSPS) is 11.5. The van der Waals surface area contributed by atoms with Crippen LogP contribution in [0.1, 0.15) is 36.8 Å². The molecule has 0 amide bonds. The van der Waals surface area contributed by atoms with Crippen molar-refractivity contribution >= 4 is 23.0 Å². The van der Waals surface area contributed by atoms with E-state index in [1.54, 1.807) is 11.3 Å². The molecule has 158 valence electrons. The summed E-state index contributed by atoms with van der Waals surface area (Å²) >= 11 is 1.56. The van der Waals surface area contributed by atoms with Gasteiger partial charge in [-0.2, -0.15) is 5.10 Å². The highest BCUT2D eigenvalue weighted by Crippen LogP contribution is 2.29. The van der Waals surface area contributed by atoms with Crippen LogP contribution in [0.4, 0.5) is 0 Å². The van der Waals surface area contributed by atoms with Gasteiger partial charge in [-0.3, -0.25) is 0 Å². The summed E-state index contributed by atoms with van der Waals surface area (Å²) in [6.45, 7) is 5.53. The summed E-state index contributed by atoms with van der Waals surface area (Å²) in [5.41, 5.74) is 13.4. The minimum atomic E-state index is -0.0643. The number of guanidine groups is 1. The molecular weight excluding hydrogens is 398 g/mol. The monoisotopic (exact) mass is 425 g/mol. The lowest BCUT2D eigenvalue weighted by atomic mass is 10.2. The zero-order chi connectivity index (χ0) is 21.3. The van der Waals surface area contributed by atoms with Gasteiger partial charge < -0.3 is 20.8 Å². The summed E-state index contributed by atoms with van der Waals surface area (Å²) < 4.78 is 7.96. The fourth-order valence-electron chi connectivity index (χ4n) is 2.91. The second-order valence-corrected chi connectivity index (χ2v) is 7.88. The third-order valence-electron chi connectivity index (χ3n) is 4.43. The Balaban J connectivity index is 1.50. The fourth-order valence-corrected chi connectivity index (χ4v) is 3.92. The number of nitrogens with zero attached hydrogens (tertiary/aromatic N) is 5. The molecule has 30 heavy (non-hydrogen) atoms. The Morgan fingerprint density at radius 1 is 1.13 bits per heavy atom. The first-order valence-electron chi connectivity index (χ1n) is 9.83. The molecule has 0 aliphatic rings. The lowest BCUT2D eigenvalue weighted by Crippen LogP contribution is -2.22. The predicted molar refractivity (Wildman–Crippen MR) is 122 cm³/mol. The van der Waals surface area contributed by atoms with E-state index in [0.717, 1.165) is 58.4 Å². The number of aryl methyl sites for hydroxylation is 2. The van der Waals surface area contributed by atoms with Gasteiger partial charge in [0.25, 0.3) is 0 Å². The third-order valence-corrected chi connectivity index (χ3v) is 5.75. The molecular formula is C21H27N7OS. The number of rotatable bonds is 10. The maximum Gasteiger partial charge on any atom is 0.211 e. The van der Waals surface area contributed by atoms with Crippen LogP contribution in [0.5, 0.6) is 5.75 Å². The van der Waals surface area contributed by atoms with E-state index < -0.39 is 0 Å². The summed E-state index contributed by atoms with van der Waals surface area (Å²) in [7, 11) is 0. The lowest BCUT2D eigenvalue weighted by molar-refractivity contribution is 0.304. The highest BCUT2D eigenvalue weighted by Gasteiger charge is 2.12. The van der Waals surface area contributed by atoms with E-state index >= 15 is 0 Å². The van der Waals surface area contributed by atoms with E-state index in [1.165, 1.54) is 0 Å². The molecule has 0 saturated heterocycles. The van der Waals surface area contributed by atoms with Crippen molar-refractivity contribution in [1.82, 2.24) is 14.5 Å². The lowest BCUT2D eigenvalue weighted by Gasteiger charge is -2.07. The average Bonchev–Trinajstić information content (AvgIpc) is 3.39. The van der Waals surface area contributed by atoms with Gasteiger partial charge in [-0.05, 0) is 57.4 Å². The molecule has 0 aliphatic carbocycles. The van der Waals surface area contributed by atoms with Crippen molar-refractivity contribution in [3.8, 4) is 16.3 Å². The molecule has 0 unspecified atom stereocenters. The Morgan fingerprint density at radius 3 is 2.63 bits per heavy atom. The van der Waals surface area contributed by atoms with Gasteiger partial charge in [0.05, 0.1) is 29.2 Å². The largest absolute Gasteiger partial charge is 0.494 e. The van der Waals surface area contributed by atoms with Crippen molar-refractivity contribution in [3.05, 3.63) is 53.6 Å². The van der Waals surface area contributed by atoms with Crippen LogP contribution < -0.4 is 16.2 Å². The van der Waals surface area contributed by atoms with Crippen LogP contribution in [-0.4, -0.2) is 32.8 Å². The van der Waals surface area contributed by atoms with Gasteiger partial charge in [-0.25, -0.2) is 9.97 Å². The van der Waals surface area contributed by atoms with Gasteiger partial charge in [0.2, 0.25) is 5.96 Å². The number of thiazole rings is 1. The molecule has 0 bridgehead atoms. The summed E-state index contributed by atoms with van der Waals surface area (Å²) in [6.07, 6.45) is 8.92. The van der Waals surface area contributed by atoms with Crippen LogP contribution >= 0.6 is 11.3 Å². The van der Waals surface area contributed by atoms with Crippen LogP contribution in [-0.2, 0) is 6.54 Å². The SMILES string of the molecule is C/C(=N\N=C(N)N)c1sc(-c2ccc(OCCCCCn3ccnc3)cc2)nc1C. The van der Waals surface area contributed by atoms with Crippen LogP contribution in [0.3, 0.4) is 0 Å². The molecule has 0 spiro atoms. The first-order chi connectivity index (χ1) is 14.5. The minimum absolute atomic E-state index is 0.0643. The van der Waals surface area contributed by atoms with E-state index in [1.807, 2.05) is 56.8 Å². The van der Waals surface area contributed by atoms with E-state index in [4.69, 9.17) is 16.2 Å².